The Morgan fingerprint density at radius 2 is 1.86 bits per heavy atom. The molecule has 6 nitrogen and oxygen atoms in total. The number of benzene rings is 2. The lowest BCUT2D eigenvalue weighted by Gasteiger charge is -2.29. The average molecular weight is 377 g/mol. The molecule has 0 spiro atoms. The summed E-state index contributed by atoms with van der Waals surface area (Å²) in [6.45, 7) is 7.17. The zero-order valence-electron chi connectivity index (χ0n) is 16.9. The van der Waals surface area contributed by atoms with Gasteiger partial charge in [0.1, 0.15) is 12.7 Å². The maximum Gasteiger partial charge on any atom is 0.241 e. The minimum atomic E-state index is 0.102. The summed E-state index contributed by atoms with van der Waals surface area (Å²) >= 11 is 0. The fourth-order valence-corrected chi connectivity index (χ4v) is 3.28. The first-order valence-electron chi connectivity index (χ1n) is 9.52. The normalized spacial score (nSPS) is 12.2. The van der Waals surface area contributed by atoms with E-state index in [-0.39, 0.29) is 11.9 Å². The standard InChI is InChI=1S/C22H27N5O/c1-5-26(21-9-7-6-8-17(21)2)22(28)14-25(4)18(3)19-10-12-20(13-11-19)27-16-23-15-24-27/h6-13,15-16,18H,5,14H2,1-4H3. The van der Waals surface area contributed by atoms with Crippen LogP contribution in [0.3, 0.4) is 0 Å². The number of amides is 1. The molecule has 0 radical (unpaired) electrons. The van der Waals surface area contributed by atoms with E-state index in [1.54, 1.807) is 11.0 Å². The highest BCUT2D eigenvalue weighted by Gasteiger charge is 2.20. The van der Waals surface area contributed by atoms with Gasteiger partial charge in [-0.2, -0.15) is 5.10 Å². The third-order valence-electron chi connectivity index (χ3n) is 5.13. The van der Waals surface area contributed by atoms with E-state index >= 15 is 0 Å². The highest BCUT2D eigenvalue weighted by atomic mass is 16.2. The zero-order chi connectivity index (χ0) is 20.1. The fourth-order valence-electron chi connectivity index (χ4n) is 3.28. The molecule has 1 aromatic heterocycles. The van der Waals surface area contributed by atoms with Crippen molar-refractivity contribution in [3.05, 3.63) is 72.3 Å². The lowest BCUT2D eigenvalue weighted by Crippen LogP contribution is -2.40. The highest BCUT2D eigenvalue weighted by molar-refractivity contribution is 5.95. The predicted molar refractivity (Wildman–Crippen MR) is 112 cm³/mol. The molecule has 6 heteroatoms. The van der Waals surface area contributed by atoms with Crippen molar-refractivity contribution in [1.29, 1.82) is 0 Å². The monoisotopic (exact) mass is 377 g/mol. The Balaban J connectivity index is 1.68. The SMILES string of the molecule is CCN(C(=O)CN(C)C(C)c1ccc(-n2cncn2)cc1)c1ccccc1C. The van der Waals surface area contributed by atoms with Crippen LogP contribution in [0.25, 0.3) is 5.69 Å². The van der Waals surface area contributed by atoms with Gasteiger partial charge in [0, 0.05) is 18.3 Å². The largest absolute Gasteiger partial charge is 0.311 e. The molecule has 2 aromatic carbocycles. The first kappa shape index (κ1) is 19.8. The fraction of sp³-hybridized carbons (Fsp3) is 0.318. The van der Waals surface area contributed by atoms with Crippen LogP contribution in [0.4, 0.5) is 5.69 Å². The van der Waals surface area contributed by atoms with Gasteiger partial charge in [0.05, 0.1) is 12.2 Å². The predicted octanol–water partition coefficient (Wildman–Crippen LogP) is 3.62. The molecular formula is C22H27N5O. The minimum absolute atomic E-state index is 0.102. The number of carbonyl (C=O) groups excluding carboxylic acids is 1. The molecule has 3 aromatic rings. The van der Waals surface area contributed by atoms with E-state index in [4.69, 9.17) is 0 Å². The van der Waals surface area contributed by atoms with Crippen LogP contribution < -0.4 is 4.90 Å². The molecule has 0 aliphatic carbocycles. The Hall–Kier alpha value is -2.99. The van der Waals surface area contributed by atoms with Crippen molar-refractivity contribution in [3.63, 3.8) is 0 Å². The van der Waals surface area contributed by atoms with Gasteiger partial charge in [-0.05, 0) is 57.1 Å². The molecule has 0 aliphatic rings. The van der Waals surface area contributed by atoms with Crippen LogP contribution >= 0.6 is 0 Å². The van der Waals surface area contributed by atoms with Gasteiger partial charge in [-0.1, -0.05) is 30.3 Å². The van der Waals surface area contributed by atoms with Crippen LogP contribution in [-0.2, 0) is 4.79 Å². The molecule has 1 heterocycles. The van der Waals surface area contributed by atoms with Crippen LogP contribution in [0.5, 0.6) is 0 Å². The first-order valence-corrected chi connectivity index (χ1v) is 9.52. The van der Waals surface area contributed by atoms with Crippen LogP contribution in [0.2, 0.25) is 0 Å². The third kappa shape index (κ3) is 4.28. The highest BCUT2D eigenvalue weighted by Crippen LogP contribution is 2.22. The van der Waals surface area contributed by atoms with Crippen LogP contribution in [0.1, 0.15) is 31.0 Å². The molecular weight excluding hydrogens is 350 g/mol. The number of para-hydroxylation sites is 1. The van der Waals surface area contributed by atoms with Gasteiger partial charge in [0.2, 0.25) is 5.91 Å². The van der Waals surface area contributed by atoms with Crippen molar-refractivity contribution in [2.75, 3.05) is 25.0 Å². The van der Waals surface area contributed by atoms with Crippen molar-refractivity contribution in [1.82, 2.24) is 19.7 Å². The number of nitrogens with zero attached hydrogens (tertiary/aromatic N) is 5. The van der Waals surface area contributed by atoms with Crippen molar-refractivity contribution >= 4 is 11.6 Å². The molecule has 0 saturated carbocycles. The number of hydrogen-bond donors (Lipinski definition) is 0. The van der Waals surface area contributed by atoms with Gasteiger partial charge in [0.25, 0.3) is 0 Å². The van der Waals surface area contributed by atoms with Crippen LogP contribution in [-0.4, -0.2) is 45.7 Å². The Bertz CT molecular complexity index is 905. The maximum absolute atomic E-state index is 12.9. The topological polar surface area (TPSA) is 54.3 Å². The Labute approximate surface area is 166 Å². The van der Waals surface area contributed by atoms with Gasteiger partial charge < -0.3 is 4.90 Å². The van der Waals surface area contributed by atoms with Gasteiger partial charge in [0.15, 0.2) is 0 Å². The van der Waals surface area contributed by atoms with Crippen molar-refractivity contribution < 1.29 is 4.79 Å². The molecule has 0 N–H and O–H groups in total. The van der Waals surface area contributed by atoms with Gasteiger partial charge in [-0.15, -0.1) is 0 Å². The molecule has 1 atom stereocenters. The van der Waals surface area contributed by atoms with E-state index in [1.165, 1.54) is 6.33 Å². The average Bonchev–Trinajstić information content (AvgIpc) is 3.24. The number of aromatic nitrogens is 3. The number of carbonyl (C=O) groups is 1. The van der Waals surface area contributed by atoms with E-state index < -0.39 is 0 Å². The van der Waals surface area contributed by atoms with Crippen molar-refractivity contribution in [2.45, 2.75) is 26.8 Å². The quantitative estimate of drug-likeness (QED) is 0.631. The summed E-state index contributed by atoms with van der Waals surface area (Å²) in [4.78, 5) is 20.9. The van der Waals surface area contributed by atoms with Gasteiger partial charge >= 0.3 is 0 Å². The summed E-state index contributed by atoms with van der Waals surface area (Å²) in [5, 5.41) is 4.15. The molecule has 1 unspecified atom stereocenters. The molecule has 0 fully saturated rings. The van der Waals surface area contributed by atoms with E-state index in [0.29, 0.717) is 13.1 Å². The minimum Gasteiger partial charge on any atom is -0.311 e. The molecule has 28 heavy (non-hydrogen) atoms. The summed E-state index contributed by atoms with van der Waals surface area (Å²) in [7, 11) is 1.99. The number of anilines is 1. The number of hydrogen-bond acceptors (Lipinski definition) is 4. The van der Waals surface area contributed by atoms with Crippen molar-refractivity contribution in [3.8, 4) is 5.69 Å². The van der Waals surface area contributed by atoms with E-state index in [1.807, 2.05) is 62.2 Å². The van der Waals surface area contributed by atoms with E-state index in [0.717, 1.165) is 22.5 Å². The van der Waals surface area contributed by atoms with Crippen LogP contribution in [0.15, 0.2) is 61.2 Å². The van der Waals surface area contributed by atoms with E-state index in [2.05, 4.69) is 34.0 Å². The summed E-state index contributed by atoms with van der Waals surface area (Å²) < 4.78 is 1.73. The van der Waals surface area contributed by atoms with Gasteiger partial charge in [-0.3, -0.25) is 9.69 Å². The number of rotatable bonds is 7. The molecule has 0 bridgehead atoms. The second-order valence-electron chi connectivity index (χ2n) is 6.95. The smallest absolute Gasteiger partial charge is 0.241 e. The molecule has 3 rings (SSSR count). The number of likely N-dealkylation sites (N-methyl/N-ethyl adjacent to an activating group) is 2. The molecule has 0 saturated heterocycles. The van der Waals surface area contributed by atoms with E-state index in [9.17, 15) is 4.79 Å². The summed E-state index contributed by atoms with van der Waals surface area (Å²) in [6.07, 6.45) is 3.19. The Morgan fingerprint density at radius 1 is 1.14 bits per heavy atom. The Kier molecular flexibility index (Phi) is 6.21. The second-order valence-corrected chi connectivity index (χ2v) is 6.95. The lowest BCUT2D eigenvalue weighted by molar-refractivity contribution is -0.119. The zero-order valence-corrected chi connectivity index (χ0v) is 16.9. The summed E-state index contributed by atoms with van der Waals surface area (Å²) in [5.74, 6) is 0.102. The number of aryl methyl sites for hydroxylation is 1. The molecule has 0 aliphatic heterocycles. The third-order valence-corrected chi connectivity index (χ3v) is 5.13. The van der Waals surface area contributed by atoms with Gasteiger partial charge in [-0.25, -0.2) is 9.67 Å². The lowest BCUT2D eigenvalue weighted by atomic mass is 10.1. The maximum atomic E-state index is 12.9. The second kappa shape index (κ2) is 8.80. The molecule has 146 valence electrons. The first-order chi connectivity index (χ1) is 13.5. The van der Waals surface area contributed by atoms with Crippen LogP contribution in [0, 0.1) is 6.92 Å². The summed E-state index contributed by atoms with van der Waals surface area (Å²) in [5.41, 5.74) is 4.20. The molecule has 1 amide bonds. The Morgan fingerprint density at radius 3 is 2.46 bits per heavy atom. The summed E-state index contributed by atoms with van der Waals surface area (Å²) in [6, 6.07) is 16.3. The van der Waals surface area contributed by atoms with Crippen molar-refractivity contribution in [2.24, 2.45) is 0 Å².